The van der Waals surface area contributed by atoms with Crippen molar-refractivity contribution < 1.29 is 18.7 Å². The zero-order chi connectivity index (χ0) is 20.4. The van der Waals surface area contributed by atoms with Crippen LogP contribution in [0.25, 0.3) is 0 Å². The van der Waals surface area contributed by atoms with Crippen LogP contribution in [-0.4, -0.2) is 47.9 Å². The minimum Gasteiger partial charge on any atom is -0.491 e. The predicted octanol–water partition coefficient (Wildman–Crippen LogP) is 3.65. The maximum atomic E-state index is 13.5. The molecule has 1 aromatic heterocycles. The molecule has 2 aliphatic rings. The summed E-state index contributed by atoms with van der Waals surface area (Å²) < 4.78 is 19.3. The molecule has 2 aromatic rings. The number of rotatable bonds is 7. The van der Waals surface area contributed by atoms with Crippen LogP contribution in [0.2, 0.25) is 0 Å². The fraction of sp³-hybridized carbons (Fsp3) is 0.455. The van der Waals surface area contributed by atoms with E-state index in [0.717, 1.165) is 24.8 Å². The molecule has 29 heavy (non-hydrogen) atoms. The molecule has 1 unspecified atom stereocenters. The minimum absolute atomic E-state index is 0.0643. The molecule has 0 spiro atoms. The molecule has 2 amide bonds. The highest BCUT2D eigenvalue weighted by Crippen LogP contribution is 2.35. The molecule has 1 aliphatic heterocycles. The Kier molecular flexibility index (Phi) is 5.85. The summed E-state index contributed by atoms with van der Waals surface area (Å²) in [4.78, 5) is 30.3. The number of benzene rings is 1. The largest absolute Gasteiger partial charge is 0.491 e. The Bertz CT molecular complexity index is 896. The lowest BCUT2D eigenvalue weighted by molar-refractivity contribution is -0.143. The Hall–Kier alpha value is -2.41. The van der Waals surface area contributed by atoms with Crippen LogP contribution in [0.4, 0.5) is 4.39 Å². The van der Waals surface area contributed by atoms with E-state index in [0.29, 0.717) is 18.8 Å². The third-order valence-electron chi connectivity index (χ3n) is 5.57. The Morgan fingerprint density at radius 1 is 1.31 bits per heavy atom. The van der Waals surface area contributed by atoms with E-state index in [4.69, 9.17) is 4.74 Å². The highest BCUT2D eigenvalue weighted by atomic mass is 32.1. The molecule has 5 nitrogen and oxygen atoms in total. The zero-order valence-electron chi connectivity index (χ0n) is 16.5. The van der Waals surface area contributed by atoms with Crippen molar-refractivity contribution in [2.24, 2.45) is 5.92 Å². The molecule has 1 aromatic carbocycles. The smallest absolute Gasteiger partial charge is 0.242 e. The van der Waals surface area contributed by atoms with Crippen LogP contribution >= 0.6 is 11.3 Å². The summed E-state index contributed by atoms with van der Waals surface area (Å²) in [6.45, 7) is 3.39. The molecule has 7 heteroatoms. The predicted molar refractivity (Wildman–Crippen MR) is 109 cm³/mol. The van der Waals surface area contributed by atoms with Crippen molar-refractivity contribution in [3.05, 3.63) is 52.0 Å². The summed E-state index contributed by atoms with van der Waals surface area (Å²) in [6.07, 6.45) is 2.66. The fourth-order valence-electron chi connectivity index (χ4n) is 3.79. The molecule has 0 bridgehead atoms. The SMILES string of the molecule is CCN(CC(=O)N1CCc2sccc2C1COc1cccc(F)c1)C(=O)C1CC1. The van der Waals surface area contributed by atoms with E-state index in [9.17, 15) is 14.0 Å². The summed E-state index contributed by atoms with van der Waals surface area (Å²) in [5.74, 6) is 0.207. The first-order valence-electron chi connectivity index (χ1n) is 10.1. The van der Waals surface area contributed by atoms with Crippen LogP contribution in [0.15, 0.2) is 35.7 Å². The first kappa shape index (κ1) is 19.9. The first-order valence-corrected chi connectivity index (χ1v) is 11.0. The van der Waals surface area contributed by atoms with Crippen LogP contribution < -0.4 is 4.74 Å². The number of fused-ring (bicyclic) bond motifs is 1. The van der Waals surface area contributed by atoms with E-state index in [2.05, 4.69) is 0 Å². The lowest BCUT2D eigenvalue weighted by atomic mass is 10.0. The molecule has 1 aliphatic carbocycles. The van der Waals surface area contributed by atoms with Crippen molar-refractivity contribution in [2.45, 2.75) is 32.2 Å². The van der Waals surface area contributed by atoms with E-state index in [1.54, 1.807) is 28.4 Å². The maximum absolute atomic E-state index is 13.5. The van der Waals surface area contributed by atoms with Gasteiger partial charge in [-0.3, -0.25) is 9.59 Å². The van der Waals surface area contributed by atoms with Crippen LogP contribution in [0.1, 0.15) is 36.2 Å². The van der Waals surface area contributed by atoms with Gasteiger partial charge < -0.3 is 14.5 Å². The van der Waals surface area contributed by atoms with Gasteiger partial charge in [-0.25, -0.2) is 4.39 Å². The first-order chi connectivity index (χ1) is 14.1. The number of ether oxygens (including phenoxy) is 1. The standard InChI is InChI=1S/C22H25FN2O3S/c1-2-24(22(27)15-6-7-15)13-21(26)25-10-8-20-18(9-11-29-20)19(25)14-28-17-5-3-4-16(23)12-17/h3-5,9,11-12,15,19H,2,6-8,10,13-14H2,1H3. The van der Waals surface area contributed by atoms with Crippen molar-refractivity contribution in [3.63, 3.8) is 0 Å². The summed E-state index contributed by atoms with van der Waals surface area (Å²) in [5, 5.41) is 2.03. The number of hydrogen-bond donors (Lipinski definition) is 0. The Balaban J connectivity index is 1.49. The number of amides is 2. The zero-order valence-corrected chi connectivity index (χ0v) is 17.3. The van der Waals surface area contributed by atoms with Crippen molar-refractivity contribution in [1.29, 1.82) is 0 Å². The normalized spacial score (nSPS) is 18.3. The number of thiophene rings is 1. The number of carbonyl (C=O) groups is 2. The minimum atomic E-state index is -0.354. The third kappa shape index (κ3) is 4.45. The van der Waals surface area contributed by atoms with E-state index < -0.39 is 0 Å². The Morgan fingerprint density at radius 2 is 2.14 bits per heavy atom. The molecule has 1 saturated carbocycles. The van der Waals surface area contributed by atoms with Crippen molar-refractivity contribution in [3.8, 4) is 5.75 Å². The monoisotopic (exact) mass is 416 g/mol. The lowest BCUT2D eigenvalue weighted by Crippen LogP contribution is -2.48. The molecular formula is C22H25FN2O3S. The molecule has 0 saturated heterocycles. The average molecular weight is 417 g/mol. The second-order valence-electron chi connectivity index (χ2n) is 7.55. The molecule has 0 N–H and O–H groups in total. The summed E-state index contributed by atoms with van der Waals surface area (Å²) in [7, 11) is 0. The molecule has 1 atom stereocenters. The summed E-state index contributed by atoms with van der Waals surface area (Å²) in [5.41, 5.74) is 1.09. The van der Waals surface area contributed by atoms with Crippen LogP contribution in [0.5, 0.6) is 5.75 Å². The van der Waals surface area contributed by atoms with Gasteiger partial charge in [-0.1, -0.05) is 6.07 Å². The number of likely N-dealkylation sites (N-methyl/N-ethyl adjacent to an activating group) is 1. The number of carbonyl (C=O) groups excluding carboxylic acids is 2. The Morgan fingerprint density at radius 3 is 2.86 bits per heavy atom. The fourth-order valence-corrected chi connectivity index (χ4v) is 4.72. The quantitative estimate of drug-likeness (QED) is 0.692. The van der Waals surface area contributed by atoms with Crippen LogP contribution in [0, 0.1) is 11.7 Å². The van der Waals surface area contributed by atoms with Gasteiger partial charge in [-0.15, -0.1) is 11.3 Å². The van der Waals surface area contributed by atoms with Gasteiger partial charge in [0.15, 0.2) is 0 Å². The Labute approximate surface area is 174 Å². The number of hydrogen-bond acceptors (Lipinski definition) is 4. The van der Waals surface area contributed by atoms with Crippen molar-refractivity contribution in [1.82, 2.24) is 9.80 Å². The molecule has 1 fully saturated rings. The van der Waals surface area contributed by atoms with E-state index in [1.807, 2.05) is 23.3 Å². The van der Waals surface area contributed by atoms with Gasteiger partial charge in [-0.05, 0) is 55.3 Å². The lowest BCUT2D eigenvalue weighted by Gasteiger charge is -2.37. The van der Waals surface area contributed by atoms with Gasteiger partial charge >= 0.3 is 0 Å². The van der Waals surface area contributed by atoms with Gasteiger partial charge in [0.05, 0.1) is 12.6 Å². The second-order valence-corrected chi connectivity index (χ2v) is 8.55. The van der Waals surface area contributed by atoms with Crippen LogP contribution in [0.3, 0.4) is 0 Å². The highest BCUT2D eigenvalue weighted by Gasteiger charge is 2.36. The molecule has 4 rings (SSSR count). The van der Waals surface area contributed by atoms with Crippen molar-refractivity contribution in [2.75, 3.05) is 26.2 Å². The van der Waals surface area contributed by atoms with Gasteiger partial charge in [0.1, 0.15) is 18.2 Å². The molecular weight excluding hydrogens is 391 g/mol. The topological polar surface area (TPSA) is 49.9 Å². The van der Waals surface area contributed by atoms with Gasteiger partial charge in [0.25, 0.3) is 0 Å². The molecule has 0 radical (unpaired) electrons. The number of nitrogens with zero attached hydrogens (tertiary/aromatic N) is 2. The number of halogens is 1. The summed E-state index contributed by atoms with van der Waals surface area (Å²) >= 11 is 1.68. The van der Waals surface area contributed by atoms with Gasteiger partial charge in [0, 0.05) is 30.0 Å². The maximum Gasteiger partial charge on any atom is 0.242 e. The van der Waals surface area contributed by atoms with E-state index in [-0.39, 0.29) is 42.7 Å². The van der Waals surface area contributed by atoms with Gasteiger partial charge in [-0.2, -0.15) is 0 Å². The van der Waals surface area contributed by atoms with Crippen LogP contribution in [-0.2, 0) is 16.0 Å². The molecule has 154 valence electrons. The second kappa shape index (κ2) is 8.53. The third-order valence-corrected chi connectivity index (χ3v) is 6.56. The van der Waals surface area contributed by atoms with E-state index in [1.165, 1.54) is 17.0 Å². The molecule has 2 heterocycles. The highest BCUT2D eigenvalue weighted by molar-refractivity contribution is 7.10. The van der Waals surface area contributed by atoms with Crippen molar-refractivity contribution >= 4 is 23.2 Å². The average Bonchev–Trinajstić information content (AvgIpc) is 3.46. The summed E-state index contributed by atoms with van der Waals surface area (Å²) in [6, 6.07) is 7.82. The van der Waals surface area contributed by atoms with Gasteiger partial charge in [0.2, 0.25) is 11.8 Å². The van der Waals surface area contributed by atoms with E-state index >= 15 is 0 Å².